The van der Waals surface area contributed by atoms with Gasteiger partial charge in [0.15, 0.2) is 0 Å². The maximum absolute atomic E-state index is 10.7. The van der Waals surface area contributed by atoms with Gasteiger partial charge in [-0.2, -0.15) is 0 Å². The Bertz CT molecular complexity index is 438. The lowest BCUT2D eigenvalue weighted by molar-refractivity contribution is 0.0216. The SMILES string of the molecule is CC(C)c1ccc([C@]2(O)CCOC2)c(CN(C)C)n1. The normalized spacial score (nSPS) is 23.5. The lowest BCUT2D eigenvalue weighted by atomic mass is 9.90. The Labute approximate surface area is 115 Å². The predicted octanol–water partition coefficient (Wildman–Crippen LogP) is 1.87. The molecule has 1 fully saturated rings. The summed E-state index contributed by atoms with van der Waals surface area (Å²) in [6, 6.07) is 4.05. The molecule has 106 valence electrons. The zero-order valence-electron chi connectivity index (χ0n) is 12.3. The van der Waals surface area contributed by atoms with E-state index in [4.69, 9.17) is 9.72 Å². The summed E-state index contributed by atoms with van der Waals surface area (Å²) in [5.74, 6) is 0.393. The zero-order chi connectivity index (χ0) is 14.0. The number of nitrogens with zero attached hydrogens (tertiary/aromatic N) is 2. The van der Waals surface area contributed by atoms with Crippen molar-refractivity contribution < 1.29 is 9.84 Å². The molecule has 0 aromatic carbocycles. The fourth-order valence-electron chi connectivity index (χ4n) is 2.45. The van der Waals surface area contributed by atoms with Gasteiger partial charge in [0.25, 0.3) is 0 Å². The monoisotopic (exact) mass is 264 g/mol. The van der Waals surface area contributed by atoms with Crippen LogP contribution in [-0.2, 0) is 16.9 Å². The van der Waals surface area contributed by atoms with Crippen LogP contribution in [0, 0.1) is 0 Å². The van der Waals surface area contributed by atoms with Gasteiger partial charge in [-0.15, -0.1) is 0 Å². The summed E-state index contributed by atoms with van der Waals surface area (Å²) in [5, 5.41) is 10.7. The van der Waals surface area contributed by atoms with Gasteiger partial charge < -0.3 is 14.7 Å². The van der Waals surface area contributed by atoms with Crippen LogP contribution < -0.4 is 0 Å². The summed E-state index contributed by atoms with van der Waals surface area (Å²) in [6.45, 7) is 5.99. The fourth-order valence-corrected chi connectivity index (χ4v) is 2.45. The summed E-state index contributed by atoms with van der Waals surface area (Å²) in [7, 11) is 4.03. The Morgan fingerprint density at radius 3 is 2.68 bits per heavy atom. The summed E-state index contributed by atoms with van der Waals surface area (Å²) in [5.41, 5.74) is 2.09. The van der Waals surface area contributed by atoms with Gasteiger partial charge in [0.2, 0.25) is 0 Å². The quantitative estimate of drug-likeness (QED) is 0.902. The number of aromatic nitrogens is 1. The standard InChI is InChI=1S/C15H24N2O2/c1-11(2)13-6-5-12(14(16-13)9-17(3)4)15(18)7-8-19-10-15/h5-6,11,18H,7-10H2,1-4H3/t15-/m0/s1. The van der Waals surface area contributed by atoms with Gasteiger partial charge in [-0.1, -0.05) is 19.9 Å². The maximum atomic E-state index is 10.7. The minimum Gasteiger partial charge on any atom is -0.383 e. The first-order valence-corrected chi connectivity index (χ1v) is 6.87. The number of aliphatic hydroxyl groups is 1. The van der Waals surface area contributed by atoms with Crippen molar-refractivity contribution in [3.8, 4) is 0 Å². The molecule has 4 heteroatoms. The molecule has 1 aromatic rings. The molecule has 1 N–H and O–H groups in total. The second-order valence-electron chi connectivity index (χ2n) is 5.96. The number of hydrogen-bond donors (Lipinski definition) is 1. The minimum atomic E-state index is -0.867. The average Bonchev–Trinajstić information content (AvgIpc) is 2.76. The predicted molar refractivity (Wildman–Crippen MR) is 75.0 cm³/mol. The van der Waals surface area contributed by atoms with Crippen molar-refractivity contribution in [2.24, 2.45) is 0 Å². The van der Waals surface area contributed by atoms with Crippen molar-refractivity contribution >= 4 is 0 Å². The van der Waals surface area contributed by atoms with Crippen LogP contribution in [0.3, 0.4) is 0 Å². The molecule has 0 saturated carbocycles. The molecule has 0 aliphatic carbocycles. The van der Waals surface area contributed by atoms with Crippen molar-refractivity contribution in [1.29, 1.82) is 0 Å². The lowest BCUT2D eigenvalue weighted by Gasteiger charge is -2.25. The van der Waals surface area contributed by atoms with E-state index in [9.17, 15) is 5.11 Å². The molecule has 19 heavy (non-hydrogen) atoms. The summed E-state index contributed by atoms with van der Waals surface area (Å²) in [4.78, 5) is 6.82. The summed E-state index contributed by atoms with van der Waals surface area (Å²) in [6.07, 6.45) is 0.649. The van der Waals surface area contributed by atoms with Gasteiger partial charge in [-0.3, -0.25) is 4.98 Å². The fraction of sp³-hybridized carbons (Fsp3) is 0.667. The zero-order valence-corrected chi connectivity index (χ0v) is 12.3. The first-order valence-electron chi connectivity index (χ1n) is 6.87. The molecule has 1 atom stereocenters. The van der Waals surface area contributed by atoms with E-state index in [-0.39, 0.29) is 0 Å². The lowest BCUT2D eigenvalue weighted by Crippen LogP contribution is -2.29. The highest BCUT2D eigenvalue weighted by atomic mass is 16.5. The number of pyridine rings is 1. The van der Waals surface area contributed by atoms with Crippen LogP contribution in [0.1, 0.15) is 43.1 Å². The molecule has 0 amide bonds. The molecule has 4 nitrogen and oxygen atoms in total. The van der Waals surface area contributed by atoms with Crippen molar-refractivity contribution in [2.75, 3.05) is 27.3 Å². The molecule has 2 rings (SSSR count). The third kappa shape index (κ3) is 3.14. The van der Waals surface area contributed by atoms with Gasteiger partial charge in [-0.05, 0) is 26.1 Å². The molecular weight excluding hydrogens is 240 g/mol. The van der Waals surface area contributed by atoms with Crippen molar-refractivity contribution in [3.05, 3.63) is 29.1 Å². The Balaban J connectivity index is 2.41. The largest absolute Gasteiger partial charge is 0.383 e. The number of ether oxygens (including phenoxy) is 1. The first kappa shape index (κ1) is 14.4. The van der Waals surface area contributed by atoms with Crippen LogP contribution in [0.5, 0.6) is 0 Å². The van der Waals surface area contributed by atoms with E-state index in [1.165, 1.54) is 0 Å². The smallest absolute Gasteiger partial charge is 0.117 e. The number of hydrogen-bond acceptors (Lipinski definition) is 4. The highest BCUT2D eigenvalue weighted by Crippen LogP contribution is 2.33. The van der Waals surface area contributed by atoms with E-state index >= 15 is 0 Å². The van der Waals surface area contributed by atoms with Crippen LogP contribution in [0.25, 0.3) is 0 Å². The molecule has 0 radical (unpaired) electrons. The number of rotatable bonds is 4. The second kappa shape index (κ2) is 5.57. The minimum absolute atomic E-state index is 0.371. The summed E-state index contributed by atoms with van der Waals surface area (Å²) >= 11 is 0. The average molecular weight is 264 g/mol. The molecule has 1 aromatic heterocycles. The van der Waals surface area contributed by atoms with Gasteiger partial charge in [0, 0.05) is 30.8 Å². The molecule has 0 bridgehead atoms. The van der Waals surface area contributed by atoms with Gasteiger partial charge in [0.05, 0.1) is 12.3 Å². The first-order chi connectivity index (χ1) is 8.92. The van der Waals surface area contributed by atoms with E-state index in [1.54, 1.807) is 0 Å². The van der Waals surface area contributed by atoms with Crippen molar-refractivity contribution in [2.45, 2.75) is 38.3 Å². The van der Waals surface area contributed by atoms with Crippen LogP contribution >= 0.6 is 0 Å². The van der Waals surface area contributed by atoms with E-state index < -0.39 is 5.60 Å². The molecular formula is C15H24N2O2. The van der Waals surface area contributed by atoms with Gasteiger partial charge >= 0.3 is 0 Å². The Kier molecular flexibility index (Phi) is 4.23. The van der Waals surface area contributed by atoms with Crippen LogP contribution in [0.4, 0.5) is 0 Å². The Morgan fingerprint density at radius 1 is 1.42 bits per heavy atom. The molecule has 1 aliphatic heterocycles. The van der Waals surface area contributed by atoms with Crippen LogP contribution in [-0.4, -0.2) is 42.3 Å². The van der Waals surface area contributed by atoms with Gasteiger partial charge in [0.1, 0.15) is 5.60 Å². The second-order valence-corrected chi connectivity index (χ2v) is 5.96. The van der Waals surface area contributed by atoms with Crippen LogP contribution in [0.15, 0.2) is 12.1 Å². The summed E-state index contributed by atoms with van der Waals surface area (Å²) < 4.78 is 5.36. The van der Waals surface area contributed by atoms with Gasteiger partial charge in [-0.25, -0.2) is 0 Å². The third-order valence-electron chi connectivity index (χ3n) is 3.56. The highest BCUT2D eigenvalue weighted by molar-refractivity contribution is 5.31. The van der Waals surface area contributed by atoms with E-state index in [2.05, 4.69) is 18.7 Å². The Morgan fingerprint density at radius 2 is 2.16 bits per heavy atom. The van der Waals surface area contributed by atoms with Crippen LogP contribution in [0.2, 0.25) is 0 Å². The van der Waals surface area contributed by atoms with E-state index in [0.29, 0.717) is 25.6 Å². The molecule has 0 spiro atoms. The molecule has 0 unspecified atom stereocenters. The van der Waals surface area contributed by atoms with Crippen molar-refractivity contribution in [3.63, 3.8) is 0 Å². The molecule has 1 saturated heterocycles. The Hall–Kier alpha value is -0.970. The molecule has 2 heterocycles. The van der Waals surface area contributed by atoms with Crippen molar-refractivity contribution in [1.82, 2.24) is 9.88 Å². The van der Waals surface area contributed by atoms with E-state index in [0.717, 1.165) is 23.5 Å². The maximum Gasteiger partial charge on any atom is 0.117 e. The highest BCUT2D eigenvalue weighted by Gasteiger charge is 2.36. The van der Waals surface area contributed by atoms with E-state index in [1.807, 2.05) is 26.2 Å². The third-order valence-corrected chi connectivity index (χ3v) is 3.56. The molecule has 1 aliphatic rings. The topological polar surface area (TPSA) is 45.6 Å².